The Kier molecular flexibility index (Phi) is 6.50. The average Bonchev–Trinajstić information content (AvgIpc) is 2.41. The van der Waals surface area contributed by atoms with Crippen LogP contribution in [0.5, 0.6) is 0 Å². The monoisotopic (exact) mass is 296 g/mol. The minimum atomic E-state index is 0. The Morgan fingerprint density at radius 3 is 2.80 bits per heavy atom. The zero-order valence-corrected chi connectivity index (χ0v) is 13.2. The number of amides is 1. The van der Waals surface area contributed by atoms with Crippen molar-refractivity contribution in [3.8, 4) is 0 Å². The number of benzene rings is 1. The lowest BCUT2D eigenvalue weighted by atomic mass is 9.92. The molecule has 0 spiro atoms. The van der Waals surface area contributed by atoms with Gasteiger partial charge in [-0.15, -0.1) is 12.4 Å². The minimum Gasteiger partial charge on any atom is -0.342 e. The molecule has 0 aliphatic carbocycles. The van der Waals surface area contributed by atoms with Crippen molar-refractivity contribution in [1.29, 1.82) is 0 Å². The molecular formula is C16H25ClN2O. The summed E-state index contributed by atoms with van der Waals surface area (Å²) in [5.74, 6) is 0.689. The Labute approximate surface area is 127 Å². The normalized spacial score (nSPS) is 20.1. The standard InChI is InChI=1S/C16H24N2O.ClH/c1-12-6-3-4-7-14(12)10-16(19)18-9-5-8-15(11-18)13(2)17;/h3-4,6-7,13,15H,5,8-11,17H2,1-2H3;1H. The quantitative estimate of drug-likeness (QED) is 0.932. The van der Waals surface area contributed by atoms with Gasteiger partial charge in [-0.25, -0.2) is 0 Å². The second kappa shape index (κ2) is 7.65. The van der Waals surface area contributed by atoms with Crippen LogP contribution < -0.4 is 5.73 Å². The van der Waals surface area contributed by atoms with Gasteiger partial charge in [-0.05, 0) is 43.7 Å². The predicted molar refractivity (Wildman–Crippen MR) is 85.1 cm³/mol. The van der Waals surface area contributed by atoms with E-state index in [0.29, 0.717) is 12.3 Å². The third-order valence-electron chi connectivity index (χ3n) is 4.16. The van der Waals surface area contributed by atoms with E-state index in [-0.39, 0.29) is 24.4 Å². The molecule has 3 nitrogen and oxygen atoms in total. The summed E-state index contributed by atoms with van der Waals surface area (Å²) >= 11 is 0. The number of nitrogens with zero attached hydrogens (tertiary/aromatic N) is 1. The van der Waals surface area contributed by atoms with Gasteiger partial charge in [-0.1, -0.05) is 24.3 Å². The van der Waals surface area contributed by atoms with Crippen LogP contribution in [0.1, 0.15) is 30.9 Å². The van der Waals surface area contributed by atoms with Gasteiger partial charge in [0.25, 0.3) is 0 Å². The van der Waals surface area contributed by atoms with Crippen LogP contribution in [-0.4, -0.2) is 29.9 Å². The Bertz CT molecular complexity index is 448. The molecule has 1 aromatic carbocycles. The number of carbonyl (C=O) groups is 1. The van der Waals surface area contributed by atoms with E-state index in [2.05, 4.69) is 13.0 Å². The van der Waals surface area contributed by atoms with Gasteiger partial charge in [0.1, 0.15) is 0 Å². The Balaban J connectivity index is 0.00000200. The van der Waals surface area contributed by atoms with E-state index in [1.165, 1.54) is 5.56 Å². The van der Waals surface area contributed by atoms with Crippen molar-refractivity contribution in [2.24, 2.45) is 11.7 Å². The van der Waals surface area contributed by atoms with Crippen LogP contribution in [0.15, 0.2) is 24.3 Å². The molecule has 2 N–H and O–H groups in total. The third-order valence-corrected chi connectivity index (χ3v) is 4.16. The summed E-state index contributed by atoms with van der Waals surface area (Å²) in [4.78, 5) is 14.4. The highest BCUT2D eigenvalue weighted by atomic mass is 35.5. The van der Waals surface area contributed by atoms with Gasteiger partial charge in [0.05, 0.1) is 6.42 Å². The van der Waals surface area contributed by atoms with Gasteiger partial charge in [0, 0.05) is 19.1 Å². The molecule has 0 bridgehead atoms. The molecule has 0 aromatic heterocycles. The Hall–Kier alpha value is -1.06. The van der Waals surface area contributed by atoms with Gasteiger partial charge in [0.15, 0.2) is 0 Å². The van der Waals surface area contributed by atoms with Gasteiger partial charge in [0.2, 0.25) is 5.91 Å². The van der Waals surface area contributed by atoms with Crippen molar-refractivity contribution in [2.75, 3.05) is 13.1 Å². The summed E-state index contributed by atoms with van der Waals surface area (Å²) in [5.41, 5.74) is 8.29. The van der Waals surface area contributed by atoms with Crippen molar-refractivity contribution in [3.05, 3.63) is 35.4 Å². The van der Waals surface area contributed by atoms with E-state index in [1.54, 1.807) is 0 Å². The molecule has 1 fully saturated rings. The van der Waals surface area contributed by atoms with E-state index in [9.17, 15) is 4.79 Å². The van der Waals surface area contributed by atoms with Crippen molar-refractivity contribution in [3.63, 3.8) is 0 Å². The maximum absolute atomic E-state index is 12.4. The average molecular weight is 297 g/mol. The number of carbonyl (C=O) groups excluding carboxylic acids is 1. The molecule has 2 rings (SSSR count). The second-order valence-corrected chi connectivity index (χ2v) is 5.70. The third kappa shape index (κ3) is 4.22. The first kappa shape index (κ1) is 17.0. The summed E-state index contributed by atoms with van der Waals surface area (Å²) < 4.78 is 0. The van der Waals surface area contributed by atoms with E-state index in [4.69, 9.17) is 5.73 Å². The number of halogens is 1. The molecule has 20 heavy (non-hydrogen) atoms. The molecule has 0 saturated carbocycles. The Morgan fingerprint density at radius 2 is 2.15 bits per heavy atom. The first-order chi connectivity index (χ1) is 9.08. The minimum absolute atomic E-state index is 0. The van der Waals surface area contributed by atoms with E-state index in [1.807, 2.05) is 30.0 Å². The zero-order valence-electron chi connectivity index (χ0n) is 12.3. The number of likely N-dealkylation sites (tertiary alicyclic amines) is 1. The van der Waals surface area contributed by atoms with Crippen molar-refractivity contribution >= 4 is 18.3 Å². The molecule has 1 heterocycles. The van der Waals surface area contributed by atoms with Crippen LogP contribution in [0, 0.1) is 12.8 Å². The van der Waals surface area contributed by atoms with Crippen molar-refractivity contribution < 1.29 is 4.79 Å². The van der Waals surface area contributed by atoms with Gasteiger partial charge >= 0.3 is 0 Å². The highest BCUT2D eigenvalue weighted by Crippen LogP contribution is 2.20. The SMILES string of the molecule is Cc1ccccc1CC(=O)N1CCCC(C(C)N)C1.Cl. The molecule has 1 aliphatic heterocycles. The lowest BCUT2D eigenvalue weighted by Gasteiger charge is -2.34. The fraction of sp³-hybridized carbons (Fsp3) is 0.562. The summed E-state index contributed by atoms with van der Waals surface area (Å²) in [5, 5.41) is 0. The zero-order chi connectivity index (χ0) is 13.8. The lowest BCUT2D eigenvalue weighted by molar-refractivity contribution is -0.132. The highest BCUT2D eigenvalue weighted by Gasteiger charge is 2.25. The van der Waals surface area contributed by atoms with Gasteiger partial charge in [-0.3, -0.25) is 4.79 Å². The van der Waals surface area contributed by atoms with E-state index in [0.717, 1.165) is 31.5 Å². The second-order valence-electron chi connectivity index (χ2n) is 5.70. The molecule has 4 heteroatoms. The molecule has 1 aliphatic rings. The summed E-state index contributed by atoms with van der Waals surface area (Å²) in [6.07, 6.45) is 2.73. The highest BCUT2D eigenvalue weighted by molar-refractivity contribution is 5.85. The molecule has 1 saturated heterocycles. The Morgan fingerprint density at radius 1 is 1.45 bits per heavy atom. The first-order valence-corrected chi connectivity index (χ1v) is 7.16. The van der Waals surface area contributed by atoms with Crippen LogP contribution in [0.25, 0.3) is 0 Å². The molecule has 1 amide bonds. The predicted octanol–water partition coefficient (Wildman–Crippen LogP) is 2.55. The van der Waals surface area contributed by atoms with Crippen LogP contribution in [0.3, 0.4) is 0 Å². The number of aryl methyl sites for hydroxylation is 1. The number of rotatable bonds is 3. The van der Waals surface area contributed by atoms with Gasteiger partial charge in [-0.2, -0.15) is 0 Å². The first-order valence-electron chi connectivity index (χ1n) is 7.16. The molecule has 2 unspecified atom stereocenters. The lowest BCUT2D eigenvalue weighted by Crippen LogP contribution is -2.45. The topological polar surface area (TPSA) is 46.3 Å². The van der Waals surface area contributed by atoms with E-state index >= 15 is 0 Å². The number of hydrogen-bond donors (Lipinski definition) is 1. The summed E-state index contributed by atoms with van der Waals surface area (Å²) in [6, 6.07) is 8.28. The van der Waals surface area contributed by atoms with Crippen LogP contribution in [-0.2, 0) is 11.2 Å². The maximum Gasteiger partial charge on any atom is 0.227 e. The van der Waals surface area contributed by atoms with Crippen LogP contribution in [0.4, 0.5) is 0 Å². The van der Waals surface area contributed by atoms with Crippen molar-refractivity contribution in [2.45, 2.75) is 39.2 Å². The smallest absolute Gasteiger partial charge is 0.227 e. The largest absolute Gasteiger partial charge is 0.342 e. The maximum atomic E-state index is 12.4. The van der Waals surface area contributed by atoms with Crippen LogP contribution >= 0.6 is 12.4 Å². The summed E-state index contributed by atoms with van der Waals surface area (Å²) in [6.45, 7) is 5.81. The molecule has 2 atom stereocenters. The number of piperidine rings is 1. The number of nitrogens with two attached hydrogens (primary N) is 1. The molecule has 112 valence electrons. The molecule has 1 aromatic rings. The van der Waals surface area contributed by atoms with Gasteiger partial charge < -0.3 is 10.6 Å². The molecule has 0 radical (unpaired) electrons. The fourth-order valence-corrected chi connectivity index (χ4v) is 2.75. The van der Waals surface area contributed by atoms with Crippen LogP contribution in [0.2, 0.25) is 0 Å². The van der Waals surface area contributed by atoms with Crippen molar-refractivity contribution in [1.82, 2.24) is 4.90 Å². The summed E-state index contributed by atoms with van der Waals surface area (Å²) in [7, 11) is 0. The molecular weight excluding hydrogens is 272 g/mol. The fourth-order valence-electron chi connectivity index (χ4n) is 2.75. The van der Waals surface area contributed by atoms with E-state index < -0.39 is 0 Å². The number of hydrogen-bond acceptors (Lipinski definition) is 2.